The third kappa shape index (κ3) is 2.95. The van der Waals surface area contributed by atoms with Crippen molar-refractivity contribution < 1.29 is 13.0 Å². The number of nitrogens with zero attached hydrogens (tertiary/aromatic N) is 2. The maximum atomic E-state index is 12.0. The fourth-order valence-corrected chi connectivity index (χ4v) is 2.71. The van der Waals surface area contributed by atoms with Crippen LogP contribution in [0, 0.1) is 0 Å². The molecule has 0 spiro atoms. The highest BCUT2D eigenvalue weighted by Crippen LogP contribution is 2.26. The summed E-state index contributed by atoms with van der Waals surface area (Å²) in [5.74, 6) is 0. The largest absolute Gasteiger partial charge is 0.386 e. The highest BCUT2D eigenvalue weighted by molar-refractivity contribution is 7.89. The molecule has 2 aromatic rings. The van der Waals surface area contributed by atoms with Crippen LogP contribution in [0.4, 0.5) is 5.69 Å². The molecule has 8 nitrogen and oxygen atoms in total. The summed E-state index contributed by atoms with van der Waals surface area (Å²) in [5.41, 5.74) is 6.47. The summed E-state index contributed by atoms with van der Waals surface area (Å²) in [6.45, 7) is 0.372. The first-order chi connectivity index (χ1) is 8.60. The van der Waals surface area contributed by atoms with E-state index in [1.807, 2.05) is 0 Å². The van der Waals surface area contributed by atoms with Crippen molar-refractivity contribution in [1.29, 1.82) is 0 Å². The maximum absolute atomic E-state index is 12.0. The zero-order valence-electron chi connectivity index (χ0n) is 10.1. The number of anilines is 1. The highest BCUT2D eigenvalue weighted by Gasteiger charge is 2.21. The molecule has 0 unspecified atom stereocenters. The summed E-state index contributed by atoms with van der Waals surface area (Å²) in [6.07, 6.45) is 0. The molecule has 0 aliphatic rings. The van der Waals surface area contributed by atoms with Crippen molar-refractivity contribution in [3.63, 3.8) is 0 Å². The Balaban J connectivity index is 0.00000180. The van der Waals surface area contributed by atoms with Crippen molar-refractivity contribution >= 4 is 39.2 Å². The molecule has 0 amide bonds. The minimum atomic E-state index is -3.66. The summed E-state index contributed by atoms with van der Waals surface area (Å²) in [7, 11) is -1.97. The van der Waals surface area contributed by atoms with Gasteiger partial charge in [0.25, 0.3) is 0 Å². The lowest BCUT2D eigenvalue weighted by Gasteiger charge is -2.07. The van der Waals surface area contributed by atoms with Gasteiger partial charge in [0.1, 0.15) is 4.90 Å². The smallest absolute Gasteiger partial charge is 0.242 e. The molecular formula is C9H14ClN5O3S. The van der Waals surface area contributed by atoms with Crippen LogP contribution in [-0.4, -0.2) is 38.9 Å². The van der Waals surface area contributed by atoms with Crippen molar-refractivity contribution in [2.75, 3.05) is 25.5 Å². The van der Waals surface area contributed by atoms with Crippen LogP contribution in [0.3, 0.4) is 0 Å². The molecule has 0 aliphatic carbocycles. The van der Waals surface area contributed by atoms with E-state index in [2.05, 4.69) is 25.0 Å². The van der Waals surface area contributed by atoms with Crippen LogP contribution in [0.25, 0.3) is 11.0 Å². The number of sulfonamides is 1. The van der Waals surface area contributed by atoms with Crippen molar-refractivity contribution in [2.24, 2.45) is 5.73 Å². The minimum absolute atomic E-state index is 0. The predicted octanol–water partition coefficient (Wildman–Crippen LogP) is -0.0767. The number of hydrogen-bond donors (Lipinski definition) is 3. The summed E-state index contributed by atoms with van der Waals surface area (Å²) in [4.78, 5) is 0.0196. The van der Waals surface area contributed by atoms with Crippen LogP contribution >= 0.6 is 12.4 Å². The first-order valence-corrected chi connectivity index (χ1v) is 6.71. The molecule has 4 N–H and O–H groups in total. The lowest BCUT2D eigenvalue weighted by molar-refractivity contribution is 0.315. The monoisotopic (exact) mass is 307 g/mol. The lowest BCUT2D eigenvalue weighted by Crippen LogP contribution is -2.29. The Kier molecular flexibility index (Phi) is 5.06. The summed E-state index contributed by atoms with van der Waals surface area (Å²) in [6, 6.07) is 3.04. The molecule has 1 aromatic heterocycles. The van der Waals surface area contributed by atoms with Gasteiger partial charge < -0.3 is 11.1 Å². The zero-order valence-corrected chi connectivity index (χ0v) is 11.7. The Morgan fingerprint density at radius 2 is 2.00 bits per heavy atom. The Labute approximate surface area is 116 Å². The molecule has 0 aliphatic heterocycles. The van der Waals surface area contributed by atoms with E-state index < -0.39 is 10.0 Å². The molecule has 2 rings (SSSR count). The van der Waals surface area contributed by atoms with E-state index in [4.69, 9.17) is 5.73 Å². The van der Waals surface area contributed by atoms with Gasteiger partial charge in [-0.1, -0.05) is 0 Å². The van der Waals surface area contributed by atoms with E-state index in [1.54, 1.807) is 13.1 Å². The first kappa shape index (κ1) is 15.6. The van der Waals surface area contributed by atoms with Crippen molar-refractivity contribution in [2.45, 2.75) is 4.90 Å². The minimum Gasteiger partial charge on any atom is -0.386 e. The van der Waals surface area contributed by atoms with Gasteiger partial charge in [-0.25, -0.2) is 17.8 Å². The van der Waals surface area contributed by atoms with Crippen molar-refractivity contribution in [1.82, 2.24) is 15.0 Å². The van der Waals surface area contributed by atoms with E-state index in [0.717, 1.165) is 0 Å². The number of halogens is 1. The summed E-state index contributed by atoms with van der Waals surface area (Å²) in [5, 5.41) is 10.2. The highest BCUT2D eigenvalue weighted by atomic mass is 35.5. The Bertz CT molecular complexity index is 657. The average Bonchev–Trinajstić information content (AvgIpc) is 2.84. The second-order valence-electron chi connectivity index (χ2n) is 3.51. The van der Waals surface area contributed by atoms with Crippen LogP contribution in [0.15, 0.2) is 21.7 Å². The first-order valence-electron chi connectivity index (χ1n) is 5.23. The summed E-state index contributed by atoms with van der Waals surface area (Å²) < 4.78 is 31.0. The number of hydrogen-bond acceptors (Lipinski definition) is 7. The van der Waals surface area contributed by atoms with Gasteiger partial charge in [-0.05, 0) is 22.4 Å². The van der Waals surface area contributed by atoms with E-state index in [9.17, 15) is 8.42 Å². The van der Waals surface area contributed by atoms with E-state index in [0.29, 0.717) is 11.2 Å². The normalized spacial score (nSPS) is 11.3. The average molecular weight is 308 g/mol. The molecule has 0 fully saturated rings. The van der Waals surface area contributed by atoms with Gasteiger partial charge in [0.2, 0.25) is 10.0 Å². The topological polar surface area (TPSA) is 123 Å². The van der Waals surface area contributed by atoms with Crippen LogP contribution in [-0.2, 0) is 10.0 Å². The number of rotatable bonds is 5. The van der Waals surface area contributed by atoms with Crippen LogP contribution in [0.2, 0.25) is 0 Å². The molecule has 106 valence electrons. The van der Waals surface area contributed by atoms with Gasteiger partial charge >= 0.3 is 0 Å². The fourth-order valence-electron chi connectivity index (χ4n) is 1.53. The van der Waals surface area contributed by atoms with Gasteiger partial charge in [0, 0.05) is 20.1 Å². The number of benzene rings is 1. The zero-order chi connectivity index (χ0) is 13.2. The summed E-state index contributed by atoms with van der Waals surface area (Å²) >= 11 is 0. The van der Waals surface area contributed by atoms with E-state index in [1.165, 1.54) is 6.07 Å². The Morgan fingerprint density at radius 3 is 2.63 bits per heavy atom. The molecule has 1 heterocycles. The lowest BCUT2D eigenvalue weighted by atomic mass is 10.2. The molecule has 0 atom stereocenters. The van der Waals surface area contributed by atoms with Crippen molar-refractivity contribution in [3.05, 3.63) is 12.1 Å². The quantitative estimate of drug-likeness (QED) is 0.706. The predicted molar refractivity (Wildman–Crippen MR) is 72.8 cm³/mol. The molecule has 0 saturated heterocycles. The standard InChI is InChI=1S/C9H13N5O3S.ClH/c1-11-6-2-3-7(9-8(6)13-17-14-9)18(15,16)12-5-4-10;/h2-3,11-12H,4-5,10H2,1H3;1H. The van der Waals surface area contributed by atoms with Gasteiger partial charge in [-0.2, -0.15) is 0 Å². The van der Waals surface area contributed by atoms with Crippen molar-refractivity contribution in [3.8, 4) is 0 Å². The SMILES string of the molecule is CNc1ccc(S(=O)(=O)NCCN)c2nonc12.Cl. The molecule has 0 bridgehead atoms. The molecule has 10 heteroatoms. The molecule has 1 aromatic carbocycles. The number of fused-ring (bicyclic) bond motifs is 1. The molecular weight excluding hydrogens is 294 g/mol. The number of nitrogens with one attached hydrogen (secondary N) is 2. The third-order valence-electron chi connectivity index (χ3n) is 2.37. The van der Waals surface area contributed by atoms with E-state index >= 15 is 0 Å². The fraction of sp³-hybridized carbons (Fsp3) is 0.333. The van der Waals surface area contributed by atoms with Gasteiger partial charge in [-0.3, -0.25) is 0 Å². The van der Waals surface area contributed by atoms with Crippen LogP contribution in [0.5, 0.6) is 0 Å². The van der Waals surface area contributed by atoms with Crippen LogP contribution in [0.1, 0.15) is 0 Å². The van der Waals surface area contributed by atoms with Gasteiger partial charge in [-0.15, -0.1) is 12.4 Å². The molecule has 0 saturated carbocycles. The Hall–Kier alpha value is -1.42. The second-order valence-corrected chi connectivity index (χ2v) is 5.24. The Morgan fingerprint density at radius 1 is 1.32 bits per heavy atom. The maximum Gasteiger partial charge on any atom is 0.242 e. The van der Waals surface area contributed by atoms with Gasteiger partial charge in [0.05, 0.1) is 5.69 Å². The van der Waals surface area contributed by atoms with E-state index in [-0.39, 0.29) is 35.9 Å². The van der Waals surface area contributed by atoms with Gasteiger partial charge in [0.15, 0.2) is 11.0 Å². The number of aromatic nitrogens is 2. The third-order valence-corrected chi connectivity index (χ3v) is 3.87. The van der Waals surface area contributed by atoms with Crippen LogP contribution < -0.4 is 15.8 Å². The number of nitrogens with two attached hydrogens (primary N) is 1. The second kappa shape index (κ2) is 6.15. The molecule has 0 radical (unpaired) electrons. The molecule has 19 heavy (non-hydrogen) atoms.